The van der Waals surface area contributed by atoms with Crippen molar-refractivity contribution >= 4 is 54.1 Å². The summed E-state index contributed by atoms with van der Waals surface area (Å²) in [7, 11) is 0. The van der Waals surface area contributed by atoms with E-state index < -0.39 is 0 Å². The predicted octanol–water partition coefficient (Wildman–Crippen LogP) is 14.4. The van der Waals surface area contributed by atoms with Gasteiger partial charge in [0.2, 0.25) is 0 Å². The third kappa shape index (κ3) is 6.23. The SMILES string of the molecule is c1ccc(-c2cc(-c3cccnc3)nc(-c3cccc(-c4ccc5ccc6ccc(-c7ccc(-c8ccc9c%10ccccc%10c%10ccccc%10c9c8)cc7)nc6c5n4)c3)n2)cc1. The Bertz CT molecular complexity index is 3590. The monoisotopic (exact) mass is 789 g/mol. The molecule has 62 heavy (non-hydrogen) atoms. The van der Waals surface area contributed by atoms with E-state index in [9.17, 15) is 0 Å². The smallest absolute Gasteiger partial charge is 0.160 e. The van der Waals surface area contributed by atoms with Crippen molar-refractivity contribution in [1.82, 2.24) is 24.9 Å². The minimum atomic E-state index is 0.637. The summed E-state index contributed by atoms with van der Waals surface area (Å²) in [5, 5.41) is 9.74. The minimum absolute atomic E-state index is 0.637. The maximum Gasteiger partial charge on any atom is 0.160 e. The van der Waals surface area contributed by atoms with Crippen LogP contribution in [-0.4, -0.2) is 24.9 Å². The van der Waals surface area contributed by atoms with Gasteiger partial charge in [0.15, 0.2) is 5.82 Å². The van der Waals surface area contributed by atoms with Gasteiger partial charge in [-0.25, -0.2) is 19.9 Å². The zero-order valence-electron chi connectivity index (χ0n) is 33.4. The van der Waals surface area contributed by atoms with E-state index in [-0.39, 0.29) is 0 Å². The Morgan fingerprint density at radius 1 is 0.258 bits per heavy atom. The van der Waals surface area contributed by atoms with E-state index in [1.165, 1.54) is 37.9 Å². The largest absolute Gasteiger partial charge is 0.264 e. The molecule has 12 aromatic rings. The summed E-state index contributed by atoms with van der Waals surface area (Å²) < 4.78 is 0. The van der Waals surface area contributed by atoms with Crippen LogP contribution < -0.4 is 0 Å². The molecule has 0 bridgehead atoms. The van der Waals surface area contributed by atoms with Gasteiger partial charge in [-0.3, -0.25) is 4.98 Å². The lowest BCUT2D eigenvalue weighted by Crippen LogP contribution is -1.96. The van der Waals surface area contributed by atoms with Crippen molar-refractivity contribution < 1.29 is 0 Å². The Kier molecular flexibility index (Phi) is 8.42. The molecule has 8 aromatic carbocycles. The lowest BCUT2D eigenvalue weighted by atomic mass is 9.92. The van der Waals surface area contributed by atoms with Crippen LogP contribution in [0.5, 0.6) is 0 Å². The Balaban J connectivity index is 0.900. The average Bonchev–Trinajstić information content (AvgIpc) is 3.36. The molecule has 0 saturated carbocycles. The first-order valence-electron chi connectivity index (χ1n) is 20.8. The number of nitrogens with zero attached hydrogens (tertiary/aromatic N) is 5. The molecule has 0 aliphatic carbocycles. The highest BCUT2D eigenvalue weighted by Gasteiger charge is 2.15. The van der Waals surface area contributed by atoms with Crippen molar-refractivity contribution in [2.45, 2.75) is 0 Å². The molecule has 0 spiro atoms. The number of pyridine rings is 3. The van der Waals surface area contributed by atoms with Crippen LogP contribution in [0.3, 0.4) is 0 Å². The van der Waals surface area contributed by atoms with Crippen molar-refractivity contribution in [3.63, 3.8) is 0 Å². The number of hydrogen-bond acceptors (Lipinski definition) is 5. The first-order chi connectivity index (χ1) is 30.7. The summed E-state index contributed by atoms with van der Waals surface area (Å²) in [6.07, 6.45) is 3.61. The highest BCUT2D eigenvalue weighted by atomic mass is 14.9. The molecular formula is C57H35N5. The Hall–Kier alpha value is -8.41. The molecule has 0 fully saturated rings. The highest BCUT2D eigenvalue weighted by molar-refractivity contribution is 6.25. The molecular weight excluding hydrogens is 755 g/mol. The van der Waals surface area contributed by atoms with Gasteiger partial charge >= 0.3 is 0 Å². The molecule has 0 saturated heterocycles. The van der Waals surface area contributed by atoms with Gasteiger partial charge in [0.1, 0.15) is 0 Å². The number of benzene rings is 8. The van der Waals surface area contributed by atoms with Gasteiger partial charge in [-0.2, -0.15) is 0 Å². The van der Waals surface area contributed by atoms with Crippen LogP contribution in [0.2, 0.25) is 0 Å². The summed E-state index contributed by atoms with van der Waals surface area (Å²) in [4.78, 5) is 25.0. The van der Waals surface area contributed by atoms with Crippen LogP contribution in [0.4, 0.5) is 0 Å². The summed E-state index contributed by atoms with van der Waals surface area (Å²) >= 11 is 0. The number of fused-ring (bicyclic) bond motifs is 9. The lowest BCUT2D eigenvalue weighted by Gasteiger charge is -2.12. The Morgan fingerprint density at radius 3 is 1.42 bits per heavy atom. The van der Waals surface area contributed by atoms with Crippen molar-refractivity contribution in [1.29, 1.82) is 0 Å². The average molecular weight is 790 g/mol. The second kappa shape index (κ2) is 14.7. The Morgan fingerprint density at radius 2 is 0.758 bits per heavy atom. The van der Waals surface area contributed by atoms with Crippen LogP contribution in [0.15, 0.2) is 213 Å². The van der Waals surface area contributed by atoms with Crippen LogP contribution in [0.1, 0.15) is 0 Å². The van der Waals surface area contributed by atoms with Gasteiger partial charge in [0, 0.05) is 51.0 Å². The van der Waals surface area contributed by atoms with E-state index in [1.807, 2.05) is 48.7 Å². The second-order valence-corrected chi connectivity index (χ2v) is 15.7. The molecule has 0 amide bonds. The summed E-state index contributed by atoms with van der Waals surface area (Å²) in [6.45, 7) is 0. The van der Waals surface area contributed by atoms with E-state index in [1.54, 1.807) is 6.20 Å². The lowest BCUT2D eigenvalue weighted by molar-refractivity contribution is 1.18. The molecule has 0 unspecified atom stereocenters. The molecule has 0 aliphatic rings. The molecule has 288 valence electrons. The number of hydrogen-bond donors (Lipinski definition) is 0. The second-order valence-electron chi connectivity index (χ2n) is 15.7. The molecule has 0 aliphatic heterocycles. The summed E-state index contributed by atoms with van der Waals surface area (Å²) in [5.74, 6) is 0.637. The third-order valence-electron chi connectivity index (χ3n) is 11.9. The fourth-order valence-electron chi connectivity index (χ4n) is 8.82. The van der Waals surface area contributed by atoms with E-state index in [0.29, 0.717) is 5.82 Å². The standard InChI is InChI=1S/C57H35N5/c1-2-10-37(11-3-1)53-34-54(44-14-9-31-58-35-44)62-57(61-53)43-13-8-12-42(32-43)52-30-27-40-24-23-39-26-29-51(59-55(39)56(40)60-52)38-21-19-36(20-22-38)41-25-28-49-47-17-5-4-15-45(47)46-16-6-7-18-48(46)50(49)33-41/h1-35H. The molecule has 0 atom stereocenters. The van der Waals surface area contributed by atoms with E-state index in [4.69, 9.17) is 19.9 Å². The van der Waals surface area contributed by atoms with E-state index >= 15 is 0 Å². The minimum Gasteiger partial charge on any atom is -0.264 e. The molecule has 0 radical (unpaired) electrons. The number of aromatic nitrogens is 5. The van der Waals surface area contributed by atoms with Gasteiger partial charge in [-0.15, -0.1) is 0 Å². The quantitative estimate of drug-likeness (QED) is 0.157. The van der Waals surface area contributed by atoms with Crippen molar-refractivity contribution in [3.05, 3.63) is 213 Å². The first-order valence-corrected chi connectivity index (χ1v) is 20.8. The Labute approximate surface area is 357 Å². The van der Waals surface area contributed by atoms with Crippen LogP contribution in [-0.2, 0) is 0 Å². The van der Waals surface area contributed by atoms with Gasteiger partial charge in [0.25, 0.3) is 0 Å². The van der Waals surface area contributed by atoms with Crippen LogP contribution in [0.25, 0.3) is 122 Å². The van der Waals surface area contributed by atoms with Gasteiger partial charge < -0.3 is 0 Å². The van der Waals surface area contributed by atoms with Gasteiger partial charge in [0.05, 0.1) is 33.8 Å². The summed E-state index contributed by atoms with van der Waals surface area (Å²) in [6, 6.07) is 70.3. The third-order valence-corrected chi connectivity index (χ3v) is 11.9. The topological polar surface area (TPSA) is 64.5 Å². The van der Waals surface area contributed by atoms with Crippen molar-refractivity contribution in [2.24, 2.45) is 0 Å². The fourth-order valence-corrected chi connectivity index (χ4v) is 8.82. The van der Waals surface area contributed by atoms with Gasteiger partial charge in [-0.1, -0.05) is 158 Å². The molecule has 5 heteroatoms. The highest BCUT2D eigenvalue weighted by Crippen LogP contribution is 2.38. The molecule has 5 nitrogen and oxygen atoms in total. The zero-order chi connectivity index (χ0) is 41.0. The maximum atomic E-state index is 5.28. The van der Waals surface area contributed by atoms with Crippen molar-refractivity contribution in [3.8, 4) is 67.5 Å². The molecule has 4 heterocycles. The molecule has 12 rings (SSSR count). The van der Waals surface area contributed by atoms with Crippen LogP contribution >= 0.6 is 0 Å². The summed E-state index contributed by atoms with van der Waals surface area (Å²) in [5.41, 5.74) is 12.4. The normalized spacial score (nSPS) is 11.5. The molecule has 4 aromatic heterocycles. The number of rotatable bonds is 6. The fraction of sp³-hybridized carbons (Fsp3) is 0. The van der Waals surface area contributed by atoms with E-state index in [2.05, 4.69) is 163 Å². The predicted molar refractivity (Wildman–Crippen MR) is 256 cm³/mol. The zero-order valence-corrected chi connectivity index (χ0v) is 33.4. The van der Waals surface area contributed by atoms with Crippen LogP contribution in [0, 0.1) is 0 Å². The van der Waals surface area contributed by atoms with E-state index in [0.717, 1.165) is 78.0 Å². The van der Waals surface area contributed by atoms with Crippen molar-refractivity contribution in [2.75, 3.05) is 0 Å². The maximum absolute atomic E-state index is 5.28. The van der Waals surface area contributed by atoms with Gasteiger partial charge in [-0.05, 0) is 85.9 Å². The first kappa shape index (κ1) is 35.5. The molecule has 0 N–H and O–H groups in total.